The predicted octanol–water partition coefficient (Wildman–Crippen LogP) is 3.01. The summed E-state index contributed by atoms with van der Waals surface area (Å²) in [4.78, 5) is 22.0. The minimum Gasteiger partial charge on any atom is -0.480 e. The maximum absolute atomic E-state index is 12.7. The molecule has 0 aliphatic rings. The molecule has 0 spiro atoms. The molecule has 11 heteroatoms. The molecule has 158 valence electrons. The van der Waals surface area contributed by atoms with Crippen LogP contribution in [0, 0.1) is 0 Å². The Balaban J connectivity index is 4.17. The highest BCUT2D eigenvalue weighted by molar-refractivity contribution is 8.23. The Kier molecular flexibility index (Phi) is 13.2. The van der Waals surface area contributed by atoms with E-state index < -0.39 is 25.5 Å². The Morgan fingerprint density at radius 2 is 1.70 bits per heavy atom. The summed E-state index contributed by atoms with van der Waals surface area (Å²) in [5.74, 6) is -1.37. The zero-order valence-corrected chi connectivity index (χ0v) is 19.0. The molecule has 1 amide bonds. The fraction of sp³-hybridized carbons (Fsp3) is 0.812. The van der Waals surface area contributed by atoms with E-state index in [2.05, 4.69) is 10.6 Å². The number of thiocarbonyl (C=S) groups is 1. The average molecular weight is 443 g/mol. The average Bonchev–Trinajstić information content (AvgIpc) is 2.48. The van der Waals surface area contributed by atoms with Gasteiger partial charge in [0.1, 0.15) is 10.4 Å². The van der Waals surface area contributed by atoms with Crippen molar-refractivity contribution in [3.63, 3.8) is 0 Å². The number of hydrogen-bond donors (Lipinski definition) is 3. The molecule has 0 saturated heterocycles. The minimum absolute atomic E-state index is 0.139. The van der Waals surface area contributed by atoms with Gasteiger partial charge >= 0.3 is 13.6 Å². The van der Waals surface area contributed by atoms with Crippen LogP contribution in [0.2, 0.25) is 0 Å². The van der Waals surface area contributed by atoms with E-state index in [9.17, 15) is 14.2 Å². The first-order chi connectivity index (χ1) is 12.4. The van der Waals surface area contributed by atoms with Crippen molar-refractivity contribution < 1.29 is 28.3 Å². The Hall–Kier alpha value is -0.670. The largest absolute Gasteiger partial charge is 0.480 e. The summed E-state index contributed by atoms with van der Waals surface area (Å²) >= 11 is 6.31. The maximum Gasteiger partial charge on any atom is 0.331 e. The molecular weight excluding hydrogens is 411 g/mol. The van der Waals surface area contributed by atoms with E-state index in [0.29, 0.717) is 29.9 Å². The quantitative estimate of drug-likeness (QED) is 0.225. The third-order valence-electron chi connectivity index (χ3n) is 2.93. The number of hydrogen-bond acceptors (Lipinski definition) is 7. The topological polar surface area (TPSA) is 114 Å². The first kappa shape index (κ1) is 26.3. The smallest absolute Gasteiger partial charge is 0.331 e. The summed E-state index contributed by atoms with van der Waals surface area (Å²) in [6, 6.07) is -0.987. The SMILES string of the molecule is CC(=O)N[C@@H](CSC(=S)NCCCCP(=O)(OC(C)C)OC(C)C)C(=O)O. The van der Waals surface area contributed by atoms with Gasteiger partial charge in [-0.25, -0.2) is 4.79 Å². The fourth-order valence-electron chi connectivity index (χ4n) is 2.02. The monoisotopic (exact) mass is 442 g/mol. The molecule has 0 aromatic rings. The molecule has 0 heterocycles. The lowest BCUT2D eigenvalue weighted by molar-refractivity contribution is -0.140. The fourth-order valence-corrected chi connectivity index (χ4v) is 5.23. The van der Waals surface area contributed by atoms with Crippen LogP contribution in [0.4, 0.5) is 0 Å². The van der Waals surface area contributed by atoms with Crippen LogP contribution in [0.25, 0.3) is 0 Å². The van der Waals surface area contributed by atoms with Gasteiger partial charge < -0.3 is 24.8 Å². The molecule has 0 saturated carbocycles. The molecule has 0 radical (unpaired) electrons. The zero-order chi connectivity index (χ0) is 21.0. The molecule has 0 fully saturated rings. The molecule has 0 aliphatic heterocycles. The van der Waals surface area contributed by atoms with Crippen LogP contribution in [0.15, 0.2) is 0 Å². The molecule has 0 aromatic carbocycles. The van der Waals surface area contributed by atoms with Crippen molar-refractivity contribution in [3.8, 4) is 0 Å². The van der Waals surface area contributed by atoms with Gasteiger partial charge in [0.2, 0.25) is 5.91 Å². The number of carbonyl (C=O) groups excluding carboxylic acids is 1. The second kappa shape index (κ2) is 13.5. The van der Waals surface area contributed by atoms with Crippen LogP contribution in [-0.2, 0) is 23.2 Å². The van der Waals surface area contributed by atoms with Gasteiger partial charge in [-0.3, -0.25) is 9.36 Å². The van der Waals surface area contributed by atoms with Gasteiger partial charge in [-0.15, -0.1) is 0 Å². The first-order valence-corrected chi connectivity index (χ1v) is 11.9. The van der Waals surface area contributed by atoms with Crippen molar-refractivity contribution in [1.82, 2.24) is 10.6 Å². The number of carboxylic acid groups (broad SMARTS) is 1. The van der Waals surface area contributed by atoms with Gasteiger partial charge in [-0.2, -0.15) is 0 Å². The zero-order valence-electron chi connectivity index (χ0n) is 16.5. The van der Waals surface area contributed by atoms with Crippen LogP contribution < -0.4 is 10.6 Å². The lowest BCUT2D eigenvalue weighted by Crippen LogP contribution is -2.42. The van der Waals surface area contributed by atoms with Crippen LogP contribution >= 0.6 is 31.6 Å². The van der Waals surface area contributed by atoms with Crippen LogP contribution in [0.1, 0.15) is 47.5 Å². The first-order valence-electron chi connectivity index (χ1n) is 8.81. The number of nitrogens with one attached hydrogen (secondary N) is 2. The molecule has 0 aromatic heterocycles. The number of thioether (sulfide) groups is 1. The highest BCUT2D eigenvalue weighted by Crippen LogP contribution is 2.51. The Morgan fingerprint density at radius 3 is 2.15 bits per heavy atom. The van der Waals surface area contributed by atoms with E-state index in [0.717, 1.165) is 11.8 Å². The summed E-state index contributed by atoms with van der Waals surface area (Å²) in [6.45, 7) is 9.10. The number of aliphatic carboxylic acids is 1. The van der Waals surface area contributed by atoms with E-state index >= 15 is 0 Å². The summed E-state index contributed by atoms with van der Waals surface area (Å²) in [6.07, 6.45) is 1.32. The molecule has 0 unspecified atom stereocenters. The normalized spacial score (nSPS) is 12.9. The molecule has 0 bridgehead atoms. The van der Waals surface area contributed by atoms with Gasteiger partial charge in [0.05, 0.1) is 18.4 Å². The Labute approximate surface area is 171 Å². The molecule has 3 N–H and O–H groups in total. The third-order valence-corrected chi connectivity index (χ3v) is 6.68. The van der Waals surface area contributed by atoms with Gasteiger partial charge in [-0.05, 0) is 40.5 Å². The molecule has 0 aliphatic carbocycles. The summed E-state index contributed by atoms with van der Waals surface area (Å²) in [5, 5.41) is 14.4. The highest BCUT2D eigenvalue weighted by atomic mass is 32.2. The van der Waals surface area contributed by atoms with Gasteiger partial charge in [-0.1, -0.05) is 24.0 Å². The molecule has 8 nitrogen and oxygen atoms in total. The maximum atomic E-state index is 12.7. The van der Waals surface area contributed by atoms with Crippen LogP contribution in [-0.4, -0.2) is 58.0 Å². The molecule has 0 rings (SSSR count). The second-order valence-electron chi connectivity index (χ2n) is 6.47. The molecule has 1 atom stereocenters. The Morgan fingerprint density at radius 1 is 1.15 bits per heavy atom. The number of carbonyl (C=O) groups is 2. The van der Waals surface area contributed by atoms with E-state index in [-0.39, 0.29) is 18.0 Å². The summed E-state index contributed by atoms with van der Waals surface area (Å²) in [5.41, 5.74) is 0. The molecule has 27 heavy (non-hydrogen) atoms. The standard InChI is InChI=1S/C16H31N2O6PS2/c1-11(2)23-25(22,24-12(3)4)9-7-6-8-17-16(26)27-10-14(15(20)21)18-13(5)19/h11-12,14H,6-10H2,1-5H3,(H,17,26)(H,18,19)(H,20,21)/t14-/m0/s1. The summed E-state index contributed by atoms with van der Waals surface area (Å²) in [7, 11) is -3.12. The number of rotatable bonds is 13. The highest BCUT2D eigenvalue weighted by Gasteiger charge is 2.26. The number of carboxylic acids is 1. The van der Waals surface area contributed by atoms with E-state index in [4.69, 9.17) is 26.4 Å². The van der Waals surface area contributed by atoms with Crippen molar-refractivity contribution in [3.05, 3.63) is 0 Å². The predicted molar refractivity (Wildman–Crippen MR) is 112 cm³/mol. The number of unbranched alkanes of at least 4 members (excludes halogenated alkanes) is 1. The minimum atomic E-state index is -3.12. The van der Waals surface area contributed by atoms with Crippen molar-refractivity contribution in [2.45, 2.75) is 65.7 Å². The lowest BCUT2D eigenvalue weighted by Gasteiger charge is -2.22. The van der Waals surface area contributed by atoms with Crippen molar-refractivity contribution in [2.75, 3.05) is 18.5 Å². The molecular formula is C16H31N2O6PS2. The summed E-state index contributed by atoms with van der Waals surface area (Å²) < 4.78 is 24.1. The second-order valence-corrected chi connectivity index (χ2v) is 10.3. The van der Waals surface area contributed by atoms with E-state index in [1.807, 2.05) is 27.7 Å². The van der Waals surface area contributed by atoms with Crippen molar-refractivity contribution in [2.24, 2.45) is 0 Å². The van der Waals surface area contributed by atoms with E-state index in [1.165, 1.54) is 6.92 Å². The van der Waals surface area contributed by atoms with Crippen molar-refractivity contribution >= 4 is 47.8 Å². The van der Waals surface area contributed by atoms with Crippen LogP contribution in [0.5, 0.6) is 0 Å². The van der Waals surface area contributed by atoms with Gasteiger partial charge in [0.25, 0.3) is 0 Å². The lowest BCUT2D eigenvalue weighted by atomic mass is 10.3. The van der Waals surface area contributed by atoms with Gasteiger partial charge in [0.15, 0.2) is 0 Å². The van der Waals surface area contributed by atoms with Crippen LogP contribution in [0.3, 0.4) is 0 Å². The van der Waals surface area contributed by atoms with Crippen molar-refractivity contribution in [1.29, 1.82) is 0 Å². The third kappa shape index (κ3) is 14.0. The number of amides is 1. The van der Waals surface area contributed by atoms with Gasteiger partial charge in [0, 0.05) is 19.2 Å². The Bertz CT molecular complexity index is 531. The van der Waals surface area contributed by atoms with E-state index in [1.54, 1.807) is 0 Å².